The molecule has 0 radical (unpaired) electrons. The van der Waals surface area contributed by atoms with E-state index in [-0.39, 0.29) is 12.3 Å². The highest BCUT2D eigenvalue weighted by atomic mass is 16.5. The fourth-order valence-electron chi connectivity index (χ4n) is 5.33. The third kappa shape index (κ3) is 5.05. The topological polar surface area (TPSA) is 108 Å². The highest BCUT2D eigenvalue weighted by Gasteiger charge is 2.45. The number of carbonyl (C=O) groups excluding carboxylic acids is 1. The first-order valence-corrected chi connectivity index (χ1v) is 12.4. The van der Waals surface area contributed by atoms with Crippen molar-refractivity contribution >= 4 is 5.91 Å². The van der Waals surface area contributed by atoms with Crippen LogP contribution in [0.2, 0.25) is 0 Å². The number of aliphatic hydroxyl groups excluding tert-OH is 1. The summed E-state index contributed by atoms with van der Waals surface area (Å²) in [6.45, 7) is 3.68. The Morgan fingerprint density at radius 2 is 2.03 bits per heavy atom. The number of hydrogen-bond acceptors (Lipinski definition) is 6. The van der Waals surface area contributed by atoms with Gasteiger partial charge in [-0.2, -0.15) is 5.26 Å². The van der Waals surface area contributed by atoms with Gasteiger partial charge in [0.05, 0.1) is 12.6 Å². The number of aliphatic hydroxyl groups is 1. The third-order valence-electron chi connectivity index (χ3n) is 7.37. The zero-order valence-corrected chi connectivity index (χ0v) is 20.4. The van der Waals surface area contributed by atoms with Gasteiger partial charge < -0.3 is 19.1 Å². The van der Waals surface area contributed by atoms with Gasteiger partial charge in [0.2, 0.25) is 5.91 Å². The second kappa shape index (κ2) is 10.0. The number of aromatic nitrogens is 3. The fraction of sp³-hybridized carbons (Fsp3) is 0.429. The van der Waals surface area contributed by atoms with Gasteiger partial charge in [0.1, 0.15) is 24.0 Å². The van der Waals surface area contributed by atoms with E-state index >= 15 is 0 Å². The minimum atomic E-state index is -0.649. The molecular formula is C28H29N5O3. The Morgan fingerprint density at radius 1 is 1.28 bits per heavy atom. The summed E-state index contributed by atoms with van der Waals surface area (Å²) in [6.07, 6.45) is 7.01. The number of nitriles is 1. The van der Waals surface area contributed by atoms with Crippen LogP contribution in [0.5, 0.6) is 0 Å². The molecule has 2 fully saturated rings. The molecule has 1 N–H and O–H groups in total. The zero-order chi connectivity index (χ0) is 25.1. The Bertz CT molecular complexity index is 1320. The maximum atomic E-state index is 11.9. The molecule has 1 aliphatic heterocycles. The number of benzene rings is 1. The molecule has 5 rings (SSSR count). The van der Waals surface area contributed by atoms with Crippen molar-refractivity contribution in [3.05, 3.63) is 59.8 Å². The molecule has 0 unspecified atom stereocenters. The van der Waals surface area contributed by atoms with Gasteiger partial charge in [0, 0.05) is 48.6 Å². The van der Waals surface area contributed by atoms with Crippen molar-refractivity contribution < 1.29 is 14.4 Å². The van der Waals surface area contributed by atoms with Crippen molar-refractivity contribution in [1.82, 2.24) is 19.6 Å². The van der Waals surface area contributed by atoms with Crippen LogP contribution in [-0.4, -0.2) is 43.7 Å². The number of hydrogen-bond donors (Lipinski definition) is 1. The Labute approximate surface area is 210 Å². The standard InChI is InChI=1S/C28H29N5O3/c1-20(34)27-30-12-15-33(27)19-24-16-25(36-31-24)23-6-4-21(5-7-23)2-3-22-17-28(18-22)9-13-32(14-10-28)26(35)8-11-29/h4-7,12,15-16,20,22,34H,8-10,13-14,17-19H2,1H3/t20-/m0/s1. The number of nitrogens with zero attached hydrogens (tertiary/aromatic N) is 5. The Kier molecular flexibility index (Phi) is 6.63. The van der Waals surface area contributed by atoms with Gasteiger partial charge in [0.25, 0.3) is 0 Å². The van der Waals surface area contributed by atoms with Crippen LogP contribution in [-0.2, 0) is 11.3 Å². The van der Waals surface area contributed by atoms with E-state index in [9.17, 15) is 9.90 Å². The first-order chi connectivity index (χ1) is 17.4. The smallest absolute Gasteiger partial charge is 0.236 e. The summed E-state index contributed by atoms with van der Waals surface area (Å²) in [5.41, 5.74) is 2.98. The van der Waals surface area contributed by atoms with Crippen molar-refractivity contribution in [2.75, 3.05) is 13.1 Å². The summed E-state index contributed by atoms with van der Waals surface area (Å²) in [7, 11) is 0. The molecule has 1 saturated carbocycles. The van der Waals surface area contributed by atoms with Crippen molar-refractivity contribution in [2.24, 2.45) is 11.3 Å². The second-order valence-electron chi connectivity index (χ2n) is 9.94. The van der Waals surface area contributed by atoms with Crippen molar-refractivity contribution in [3.63, 3.8) is 0 Å². The van der Waals surface area contributed by atoms with Gasteiger partial charge in [-0.25, -0.2) is 4.98 Å². The van der Waals surface area contributed by atoms with Gasteiger partial charge >= 0.3 is 0 Å². The molecule has 3 heterocycles. The second-order valence-corrected chi connectivity index (χ2v) is 9.94. The van der Waals surface area contributed by atoms with Crippen LogP contribution in [0.3, 0.4) is 0 Å². The van der Waals surface area contributed by atoms with Gasteiger partial charge in [-0.3, -0.25) is 4.79 Å². The molecule has 8 nitrogen and oxygen atoms in total. The zero-order valence-electron chi connectivity index (χ0n) is 20.4. The minimum Gasteiger partial charge on any atom is -0.385 e. The summed E-state index contributed by atoms with van der Waals surface area (Å²) in [5.74, 6) is 8.37. The molecule has 2 aliphatic rings. The predicted octanol–water partition coefficient (Wildman–Crippen LogP) is 3.92. The monoisotopic (exact) mass is 483 g/mol. The summed E-state index contributed by atoms with van der Waals surface area (Å²) < 4.78 is 7.40. The average Bonchev–Trinajstić information content (AvgIpc) is 3.52. The SMILES string of the molecule is C[C@H](O)c1nccn1Cc1cc(-c2ccc(C#CC3CC4(CCN(C(=O)CC#N)CC4)C3)cc2)on1. The van der Waals surface area contributed by atoms with Crippen LogP contribution < -0.4 is 0 Å². The molecule has 1 aliphatic carbocycles. The van der Waals surface area contributed by atoms with E-state index in [1.165, 1.54) is 0 Å². The maximum absolute atomic E-state index is 11.9. The normalized spacial score (nSPS) is 17.6. The molecule has 2 aromatic heterocycles. The minimum absolute atomic E-state index is 0.0200. The molecule has 1 amide bonds. The van der Waals surface area contributed by atoms with E-state index in [4.69, 9.17) is 9.78 Å². The quantitative estimate of drug-likeness (QED) is 0.551. The summed E-state index contributed by atoms with van der Waals surface area (Å²) in [4.78, 5) is 17.9. The van der Waals surface area contributed by atoms with E-state index in [0.29, 0.717) is 29.5 Å². The Balaban J connectivity index is 1.14. The molecule has 0 bridgehead atoms. The number of likely N-dealkylation sites (tertiary alicyclic amines) is 1. The fourth-order valence-corrected chi connectivity index (χ4v) is 5.33. The van der Waals surface area contributed by atoms with E-state index in [0.717, 1.165) is 55.6 Å². The van der Waals surface area contributed by atoms with Crippen molar-refractivity contribution in [2.45, 2.75) is 51.7 Å². The lowest BCUT2D eigenvalue weighted by Gasteiger charge is -2.50. The third-order valence-corrected chi connectivity index (χ3v) is 7.37. The van der Waals surface area contributed by atoms with Crippen LogP contribution >= 0.6 is 0 Å². The lowest BCUT2D eigenvalue weighted by atomic mass is 9.58. The van der Waals surface area contributed by atoms with Crippen molar-refractivity contribution in [3.8, 4) is 29.2 Å². The van der Waals surface area contributed by atoms with E-state index in [1.54, 1.807) is 13.1 Å². The number of carbonyl (C=O) groups is 1. The Morgan fingerprint density at radius 3 is 2.72 bits per heavy atom. The number of rotatable bonds is 5. The maximum Gasteiger partial charge on any atom is 0.236 e. The molecule has 1 saturated heterocycles. The molecule has 36 heavy (non-hydrogen) atoms. The van der Waals surface area contributed by atoms with E-state index in [2.05, 4.69) is 22.0 Å². The van der Waals surface area contributed by atoms with Gasteiger partial charge in [-0.05, 0) is 62.3 Å². The van der Waals surface area contributed by atoms with Gasteiger partial charge in [0.15, 0.2) is 5.76 Å². The highest BCUT2D eigenvalue weighted by Crippen LogP contribution is 2.52. The molecule has 1 atom stereocenters. The number of amides is 1. The lowest BCUT2D eigenvalue weighted by molar-refractivity contribution is -0.133. The molecule has 1 aromatic carbocycles. The average molecular weight is 484 g/mol. The first kappa shape index (κ1) is 23.8. The first-order valence-electron chi connectivity index (χ1n) is 12.4. The molecule has 8 heteroatoms. The van der Waals surface area contributed by atoms with Crippen LogP contribution in [0.1, 0.15) is 62.2 Å². The predicted molar refractivity (Wildman–Crippen MR) is 132 cm³/mol. The highest BCUT2D eigenvalue weighted by molar-refractivity contribution is 5.78. The largest absolute Gasteiger partial charge is 0.385 e. The summed E-state index contributed by atoms with van der Waals surface area (Å²) in [5, 5.41) is 22.7. The van der Waals surface area contributed by atoms with Crippen LogP contribution in [0.15, 0.2) is 47.2 Å². The number of imidazole rings is 1. The summed E-state index contributed by atoms with van der Waals surface area (Å²) >= 11 is 0. The number of piperidine rings is 1. The Hall–Kier alpha value is -3.88. The van der Waals surface area contributed by atoms with Crippen molar-refractivity contribution in [1.29, 1.82) is 5.26 Å². The molecular weight excluding hydrogens is 454 g/mol. The van der Waals surface area contributed by atoms with E-state index in [1.807, 2.05) is 52.1 Å². The van der Waals surface area contributed by atoms with E-state index < -0.39 is 6.10 Å². The molecule has 1 spiro atoms. The summed E-state index contributed by atoms with van der Waals surface area (Å²) in [6, 6.07) is 11.8. The lowest BCUT2D eigenvalue weighted by Crippen LogP contribution is -2.48. The van der Waals surface area contributed by atoms with Crippen LogP contribution in [0.25, 0.3) is 11.3 Å². The van der Waals surface area contributed by atoms with Gasteiger partial charge in [-0.1, -0.05) is 17.0 Å². The molecule has 184 valence electrons. The van der Waals surface area contributed by atoms with Gasteiger partial charge in [-0.15, -0.1) is 0 Å². The van der Waals surface area contributed by atoms with Crippen LogP contribution in [0.4, 0.5) is 0 Å². The van der Waals surface area contributed by atoms with Crippen LogP contribution in [0, 0.1) is 34.5 Å². The molecule has 3 aromatic rings.